The third-order valence-electron chi connectivity index (χ3n) is 3.87. The Morgan fingerprint density at radius 1 is 1.07 bits per heavy atom. The number of pyridine rings is 1. The maximum absolute atomic E-state index is 12.8. The number of hydrazine groups is 1. The lowest BCUT2D eigenvalue weighted by Crippen LogP contribution is -2.47. The summed E-state index contributed by atoms with van der Waals surface area (Å²) in [5.41, 5.74) is 9.27. The van der Waals surface area contributed by atoms with E-state index in [2.05, 4.69) is 27.7 Å². The van der Waals surface area contributed by atoms with Crippen LogP contribution in [0.5, 0.6) is 0 Å². The molecular weight excluding hydrogens is 356 g/mol. The SMILES string of the molecule is C=C(C)CNC(=S)NNC(=O)c1cc(-c2ccccc2)nc2ccccc12. The number of rotatable bonds is 4. The number of amides is 1. The molecule has 27 heavy (non-hydrogen) atoms. The average Bonchev–Trinajstić information content (AvgIpc) is 2.70. The van der Waals surface area contributed by atoms with Gasteiger partial charge in [0.05, 0.1) is 16.8 Å². The summed E-state index contributed by atoms with van der Waals surface area (Å²) in [6, 6.07) is 19.1. The highest BCUT2D eigenvalue weighted by Gasteiger charge is 2.14. The van der Waals surface area contributed by atoms with E-state index in [-0.39, 0.29) is 5.91 Å². The van der Waals surface area contributed by atoms with E-state index in [1.807, 2.05) is 61.5 Å². The van der Waals surface area contributed by atoms with Crippen LogP contribution in [0.3, 0.4) is 0 Å². The lowest BCUT2D eigenvalue weighted by Gasteiger charge is -2.13. The van der Waals surface area contributed by atoms with Crippen molar-refractivity contribution in [2.75, 3.05) is 6.54 Å². The van der Waals surface area contributed by atoms with Crippen molar-refractivity contribution in [2.24, 2.45) is 0 Å². The molecular formula is C21H20N4OS. The Balaban J connectivity index is 1.87. The molecule has 6 heteroatoms. The van der Waals surface area contributed by atoms with Crippen LogP contribution >= 0.6 is 12.2 Å². The standard InChI is InChI=1S/C21H20N4OS/c1-14(2)13-22-21(27)25-24-20(26)17-12-19(15-8-4-3-5-9-15)23-18-11-7-6-10-16(17)18/h3-12H,1,13H2,2H3,(H,24,26)(H2,22,25,27). The quantitative estimate of drug-likeness (QED) is 0.369. The van der Waals surface area contributed by atoms with Gasteiger partial charge in [0.2, 0.25) is 0 Å². The molecule has 2 aromatic carbocycles. The van der Waals surface area contributed by atoms with Gasteiger partial charge in [-0.1, -0.05) is 60.7 Å². The molecule has 5 nitrogen and oxygen atoms in total. The zero-order valence-electron chi connectivity index (χ0n) is 15.0. The molecule has 0 spiro atoms. The van der Waals surface area contributed by atoms with Crippen molar-refractivity contribution in [1.29, 1.82) is 0 Å². The van der Waals surface area contributed by atoms with Crippen LogP contribution in [0.25, 0.3) is 22.2 Å². The average molecular weight is 376 g/mol. The fourth-order valence-corrected chi connectivity index (χ4v) is 2.70. The lowest BCUT2D eigenvalue weighted by atomic mass is 10.0. The van der Waals surface area contributed by atoms with Crippen LogP contribution in [-0.4, -0.2) is 22.5 Å². The van der Waals surface area contributed by atoms with Crippen molar-refractivity contribution in [3.63, 3.8) is 0 Å². The van der Waals surface area contributed by atoms with E-state index in [0.29, 0.717) is 17.2 Å². The van der Waals surface area contributed by atoms with Crippen molar-refractivity contribution in [2.45, 2.75) is 6.92 Å². The number of carbonyl (C=O) groups excluding carboxylic acids is 1. The van der Waals surface area contributed by atoms with Crippen LogP contribution in [0.4, 0.5) is 0 Å². The summed E-state index contributed by atoms with van der Waals surface area (Å²) in [4.78, 5) is 17.5. The molecule has 3 aromatic rings. The zero-order chi connectivity index (χ0) is 19.2. The number of benzene rings is 2. The summed E-state index contributed by atoms with van der Waals surface area (Å²) in [5, 5.41) is 4.06. The number of hydrogen-bond acceptors (Lipinski definition) is 3. The summed E-state index contributed by atoms with van der Waals surface area (Å²) in [7, 11) is 0. The van der Waals surface area contributed by atoms with E-state index in [1.165, 1.54) is 0 Å². The number of aromatic nitrogens is 1. The van der Waals surface area contributed by atoms with Crippen molar-refractivity contribution >= 4 is 34.1 Å². The molecule has 1 aromatic heterocycles. The Labute approximate surface area is 163 Å². The van der Waals surface area contributed by atoms with Crippen molar-refractivity contribution in [1.82, 2.24) is 21.2 Å². The highest BCUT2D eigenvalue weighted by Crippen LogP contribution is 2.24. The summed E-state index contributed by atoms with van der Waals surface area (Å²) in [6.45, 7) is 6.23. The molecule has 0 aliphatic carbocycles. The van der Waals surface area contributed by atoms with E-state index >= 15 is 0 Å². The molecule has 0 aliphatic heterocycles. The minimum atomic E-state index is -0.287. The van der Waals surface area contributed by atoms with E-state index in [4.69, 9.17) is 12.2 Å². The van der Waals surface area contributed by atoms with Gasteiger partial charge >= 0.3 is 0 Å². The van der Waals surface area contributed by atoms with Crippen molar-refractivity contribution < 1.29 is 4.79 Å². The fourth-order valence-electron chi connectivity index (χ4n) is 2.58. The van der Waals surface area contributed by atoms with Crippen LogP contribution in [0.2, 0.25) is 0 Å². The first-order chi connectivity index (χ1) is 13.0. The summed E-state index contributed by atoms with van der Waals surface area (Å²) in [6.07, 6.45) is 0. The summed E-state index contributed by atoms with van der Waals surface area (Å²) >= 11 is 5.15. The van der Waals surface area contributed by atoms with E-state index in [9.17, 15) is 4.79 Å². The molecule has 0 radical (unpaired) electrons. The third kappa shape index (κ3) is 4.68. The number of hydrogen-bond donors (Lipinski definition) is 3. The second-order valence-electron chi connectivity index (χ2n) is 6.16. The van der Waals surface area contributed by atoms with Crippen LogP contribution in [0.15, 0.2) is 72.8 Å². The van der Waals surface area contributed by atoms with Gasteiger partial charge in [-0.25, -0.2) is 4.98 Å². The van der Waals surface area contributed by atoms with Gasteiger partial charge in [0.1, 0.15) is 0 Å². The van der Waals surface area contributed by atoms with Crippen LogP contribution in [0.1, 0.15) is 17.3 Å². The van der Waals surface area contributed by atoms with Gasteiger partial charge < -0.3 is 5.32 Å². The van der Waals surface area contributed by atoms with Gasteiger partial charge in [-0.05, 0) is 31.3 Å². The van der Waals surface area contributed by atoms with Crippen LogP contribution < -0.4 is 16.2 Å². The van der Waals surface area contributed by atoms with Gasteiger partial charge in [-0.15, -0.1) is 0 Å². The monoisotopic (exact) mass is 376 g/mol. The van der Waals surface area contributed by atoms with Gasteiger partial charge in [-0.3, -0.25) is 15.6 Å². The first-order valence-corrected chi connectivity index (χ1v) is 8.89. The highest BCUT2D eigenvalue weighted by molar-refractivity contribution is 7.80. The van der Waals surface area contributed by atoms with E-state index in [0.717, 1.165) is 27.7 Å². The first-order valence-electron chi connectivity index (χ1n) is 8.48. The first kappa shape index (κ1) is 18.5. The molecule has 0 aliphatic rings. The second-order valence-corrected chi connectivity index (χ2v) is 6.57. The van der Waals surface area contributed by atoms with Gasteiger partial charge in [0.15, 0.2) is 5.11 Å². The normalized spacial score (nSPS) is 10.3. The minimum Gasteiger partial charge on any atom is -0.358 e. The zero-order valence-corrected chi connectivity index (χ0v) is 15.8. The molecule has 0 unspecified atom stereocenters. The van der Waals surface area contributed by atoms with Crippen LogP contribution in [-0.2, 0) is 0 Å². The van der Waals surface area contributed by atoms with Gasteiger partial charge in [-0.2, -0.15) is 0 Å². The Kier molecular flexibility index (Phi) is 5.78. The molecule has 0 fully saturated rings. The van der Waals surface area contributed by atoms with E-state index in [1.54, 1.807) is 6.07 Å². The molecule has 3 N–H and O–H groups in total. The Morgan fingerprint density at radius 3 is 2.52 bits per heavy atom. The maximum atomic E-state index is 12.8. The maximum Gasteiger partial charge on any atom is 0.270 e. The number of carbonyl (C=O) groups is 1. The predicted molar refractivity (Wildman–Crippen MR) is 113 cm³/mol. The summed E-state index contributed by atoms with van der Waals surface area (Å²) < 4.78 is 0. The minimum absolute atomic E-state index is 0.287. The number of fused-ring (bicyclic) bond motifs is 1. The third-order valence-corrected chi connectivity index (χ3v) is 4.12. The number of nitrogens with one attached hydrogen (secondary N) is 3. The molecule has 0 bridgehead atoms. The second kappa shape index (κ2) is 8.42. The fraction of sp³-hybridized carbons (Fsp3) is 0.0952. The largest absolute Gasteiger partial charge is 0.358 e. The van der Waals surface area contributed by atoms with Crippen molar-refractivity contribution in [3.8, 4) is 11.3 Å². The van der Waals surface area contributed by atoms with Gasteiger partial charge in [0, 0.05) is 17.5 Å². The molecule has 1 amide bonds. The summed E-state index contributed by atoms with van der Waals surface area (Å²) in [5.74, 6) is -0.287. The number of thiocarbonyl (C=S) groups is 1. The number of para-hydroxylation sites is 1. The molecule has 3 rings (SSSR count). The Hall–Kier alpha value is -3.25. The molecule has 0 atom stereocenters. The topological polar surface area (TPSA) is 66.0 Å². The van der Waals surface area contributed by atoms with Crippen molar-refractivity contribution in [3.05, 3.63) is 78.4 Å². The molecule has 1 heterocycles. The highest BCUT2D eigenvalue weighted by atomic mass is 32.1. The Bertz CT molecular complexity index is 1000. The molecule has 0 saturated carbocycles. The van der Waals surface area contributed by atoms with Gasteiger partial charge in [0.25, 0.3) is 5.91 Å². The smallest absolute Gasteiger partial charge is 0.270 e. The number of nitrogens with zero attached hydrogens (tertiary/aromatic N) is 1. The predicted octanol–water partition coefficient (Wildman–Crippen LogP) is 3.59. The van der Waals surface area contributed by atoms with Crippen LogP contribution in [0, 0.1) is 0 Å². The Morgan fingerprint density at radius 2 is 1.78 bits per heavy atom. The van der Waals surface area contributed by atoms with E-state index < -0.39 is 0 Å². The molecule has 136 valence electrons. The molecule has 0 saturated heterocycles. The lowest BCUT2D eigenvalue weighted by molar-refractivity contribution is 0.0945.